The van der Waals surface area contributed by atoms with Crippen molar-refractivity contribution in [2.45, 2.75) is 43.0 Å². The molecule has 2 aromatic carbocycles. The number of nitrogens with zero attached hydrogens (tertiary/aromatic N) is 3. The fourth-order valence-electron chi connectivity index (χ4n) is 5.25. The minimum atomic E-state index is -5.40. The zero-order valence-corrected chi connectivity index (χ0v) is 24.6. The summed E-state index contributed by atoms with van der Waals surface area (Å²) in [7, 11) is 1.38. The molecule has 236 valence electrons. The van der Waals surface area contributed by atoms with Gasteiger partial charge in [-0.2, -0.15) is 18.3 Å². The smallest absolute Gasteiger partial charge is 0.424 e. The Bertz CT molecular complexity index is 1880. The van der Waals surface area contributed by atoms with Gasteiger partial charge < -0.3 is 25.6 Å². The number of carbonyl (C=O) groups is 2. The van der Waals surface area contributed by atoms with Crippen molar-refractivity contribution >= 4 is 34.3 Å². The fourth-order valence-corrected chi connectivity index (χ4v) is 5.46. The molecule has 4 aromatic rings. The summed E-state index contributed by atoms with van der Waals surface area (Å²) < 4.78 is 71.5. The monoisotopic (exact) mass is 647 g/mol. The Morgan fingerprint density at radius 3 is 2.64 bits per heavy atom. The first-order chi connectivity index (χ1) is 21.2. The molecule has 45 heavy (non-hydrogen) atoms. The third kappa shape index (κ3) is 5.01. The number of aromatic nitrogens is 3. The Hall–Kier alpha value is -4.43. The number of nitrogens with one attached hydrogen (secondary N) is 1. The number of primary amides is 1. The number of halogens is 5. The Balaban J connectivity index is 1.42. The number of carbonyl (C=O) groups excluding carboxylic acids is 2. The largest absolute Gasteiger partial charge is 0.494 e. The number of hydrogen-bond donors (Lipinski definition) is 3. The number of aliphatic hydroxyl groups is 1. The molecule has 6 rings (SSSR count). The number of alkyl halides is 3. The predicted molar refractivity (Wildman–Crippen MR) is 154 cm³/mol. The van der Waals surface area contributed by atoms with Gasteiger partial charge in [-0.25, -0.2) is 9.37 Å². The molecule has 4 N–H and O–H groups in total. The summed E-state index contributed by atoms with van der Waals surface area (Å²) >= 11 is 6.16. The molecule has 0 radical (unpaired) electrons. The van der Waals surface area contributed by atoms with Gasteiger partial charge >= 0.3 is 6.18 Å². The van der Waals surface area contributed by atoms with Gasteiger partial charge in [0.1, 0.15) is 40.5 Å². The maximum atomic E-state index is 14.8. The highest BCUT2D eigenvalue weighted by molar-refractivity contribution is 6.33. The summed E-state index contributed by atoms with van der Waals surface area (Å²) in [6.45, 7) is -0.385. The van der Waals surface area contributed by atoms with Gasteiger partial charge in [-0.1, -0.05) is 23.7 Å². The van der Waals surface area contributed by atoms with Gasteiger partial charge in [0.15, 0.2) is 0 Å². The molecule has 2 atom stereocenters. The maximum absolute atomic E-state index is 14.8. The molecule has 1 aliphatic carbocycles. The Morgan fingerprint density at radius 2 is 2.00 bits per heavy atom. The lowest BCUT2D eigenvalue weighted by atomic mass is 9.81. The highest BCUT2D eigenvalue weighted by Crippen LogP contribution is 2.49. The maximum Gasteiger partial charge on any atom is 0.424 e. The number of pyridine rings is 1. The lowest BCUT2D eigenvalue weighted by molar-refractivity contribution is -0.265. The second-order valence-corrected chi connectivity index (χ2v) is 11.7. The van der Waals surface area contributed by atoms with E-state index < -0.39 is 52.1 Å². The van der Waals surface area contributed by atoms with Crippen LogP contribution in [0.1, 0.15) is 47.4 Å². The molecule has 1 fully saturated rings. The molecule has 1 saturated carbocycles. The van der Waals surface area contributed by atoms with Crippen LogP contribution in [0.25, 0.3) is 22.2 Å². The van der Waals surface area contributed by atoms with Gasteiger partial charge in [0.05, 0.1) is 30.4 Å². The molecule has 0 saturated heterocycles. The Kier molecular flexibility index (Phi) is 7.20. The van der Waals surface area contributed by atoms with Gasteiger partial charge in [0.2, 0.25) is 11.5 Å². The fraction of sp³-hybridized carbons (Fsp3) is 0.333. The van der Waals surface area contributed by atoms with Crippen LogP contribution in [0.15, 0.2) is 42.6 Å². The molecule has 15 heteroatoms. The van der Waals surface area contributed by atoms with E-state index in [-0.39, 0.29) is 46.5 Å². The van der Waals surface area contributed by atoms with Gasteiger partial charge in [0.25, 0.3) is 5.91 Å². The molecule has 3 heterocycles. The second kappa shape index (κ2) is 10.6. The van der Waals surface area contributed by atoms with Gasteiger partial charge in [-0.3, -0.25) is 14.3 Å². The Morgan fingerprint density at radius 1 is 1.27 bits per heavy atom. The number of hydrogen-bond acceptors (Lipinski definition) is 7. The average molecular weight is 648 g/mol. The van der Waals surface area contributed by atoms with Crippen molar-refractivity contribution < 1.29 is 41.7 Å². The molecular formula is C30H26ClF4N5O5. The first-order valence-corrected chi connectivity index (χ1v) is 14.1. The second-order valence-electron chi connectivity index (χ2n) is 11.3. The topological polar surface area (TPSA) is 142 Å². The highest BCUT2D eigenvalue weighted by Gasteiger charge is 2.58. The summed E-state index contributed by atoms with van der Waals surface area (Å²) in [6, 6.07) is 7.47. The van der Waals surface area contributed by atoms with Crippen molar-refractivity contribution in [3.05, 3.63) is 70.3 Å². The molecule has 2 amide bonds. The van der Waals surface area contributed by atoms with Gasteiger partial charge in [-0.15, -0.1) is 0 Å². The van der Waals surface area contributed by atoms with E-state index in [9.17, 15) is 32.3 Å². The molecular weight excluding hydrogens is 622 g/mol. The van der Waals surface area contributed by atoms with Crippen LogP contribution >= 0.6 is 11.6 Å². The number of fused-ring (bicyclic) bond motifs is 2. The lowest BCUT2D eigenvalue weighted by Gasteiger charge is -2.31. The van der Waals surface area contributed by atoms with Crippen molar-refractivity contribution in [1.82, 2.24) is 20.1 Å². The number of methoxy groups -OCH3 is 1. The van der Waals surface area contributed by atoms with Crippen LogP contribution in [0.4, 0.5) is 17.6 Å². The van der Waals surface area contributed by atoms with Gasteiger partial charge in [-0.05, 0) is 44.0 Å². The number of benzene rings is 2. The minimum absolute atomic E-state index is 0.0388. The summed E-state index contributed by atoms with van der Waals surface area (Å²) in [6.07, 6.45) is -1.77. The average Bonchev–Trinajstić information content (AvgIpc) is 3.66. The Labute approximate surface area is 258 Å². The van der Waals surface area contributed by atoms with Crippen molar-refractivity contribution in [3.63, 3.8) is 0 Å². The van der Waals surface area contributed by atoms with E-state index in [2.05, 4.69) is 15.4 Å². The van der Waals surface area contributed by atoms with Crippen molar-refractivity contribution in [2.24, 2.45) is 5.73 Å². The first kappa shape index (κ1) is 30.6. The molecule has 0 spiro atoms. The van der Waals surface area contributed by atoms with Crippen LogP contribution in [0.3, 0.4) is 0 Å². The predicted octanol–water partition coefficient (Wildman–Crippen LogP) is 4.55. The number of amides is 2. The lowest BCUT2D eigenvalue weighted by Crippen LogP contribution is -2.51. The normalized spacial score (nSPS) is 19.1. The number of nitrogens with two attached hydrogens (primary N) is 1. The summed E-state index contributed by atoms with van der Waals surface area (Å²) in [5, 5.41) is 18.0. The molecule has 0 bridgehead atoms. The van der Waals surface area contributed by atoms with E-state index in [1.165, 1.54) is 38.3 Å². The summed E-state index contributed by atoms with van der Waals surface area (Å²) in [4.78, 5) is 29.7. The van der Waals surface area contributed by atoms with Crippen molar-refractivity contribution in [3.8, 4) is 22.8 Å². The molecule has 1 unspecified atom stereocenters. The van der Waals surface area contributed by atoms with Crippen LogP contribution in [0.5, 0.6) is 11.5 Å². The van der Waals surface area contributed by atoms with E-state index in [1.54, 1.807) is 10.9 Å². The van der Waals surface area contributed by atoms with Crippen molar-refractivity contribution in [2.75, 3.05) is 20.3 Å². The molecule has 10 nitrogen and oxygen atoms in total. The van der Waals surface area contributed by atoms with Crippen LogP contribution in [-0.4, -0.2) is 58.1 Å². The SMILES string of the molecule is COc1cc(C(=O)NCC(O)(c2cc3c(c(-c4cccc(F)c4Cl)n2)OC[C@]3(C)C(N)=O)C(F)(F)F)cc2cn(C3CC3)nc12. The first-order valence-electron chi connectivity index (χ1n) is 13.7. The van der Waals surface area contributed by atoms with Crippen LogP contribution in [0, 0.1) is 5.82 Å². The van der Waals surface area contributed by atoms with Crippen molar-refractivity contribution in [1.29, 1.82) is 0 Å². The summed E-state index contributed by atoms with van der Waals surface area (Å²) in [5.41, 5.74) is -0.999. The van der Waals surface area contributed by atoms with E-state index in [0.29, 0.717) is 10.9 Å². The van der Waals surface area contributed by atoms with E-state index in [1.807, 2.05) is 0 Å². The third-order valence-electron chi connectivity index (χ3n) is 8.22. The van der Waals surface area contributed by atoms with E-state index in [4.69, 9.17) is 26.8 Å². The van der Waals surface area contributed by atoms with Crippen LogP contribution in [0.2, 0.25) is 5.02 Å². The van der Waals surface area contributed by atoms with E-state index in [0.717, 1.165) is 25.0 Å². The zero-order valence-electron chi connectivity index (χ0n) is 23.8. The summed E-state index contributed by atoms with van der Waals surface area (Å²) in [5.74, 6) is -2.66. The minimum Gasteiger partial charge on any atom is -0.494 e. The number of ether oxygens (including phenoxy) is 2. The molecule has 1 aliphatic heterocycles. The third-order valence-corrected chi connectivity index (χ3v) is 8.60. The van der Waals surface area contributed by atoms with Crippen LogP contribution in [-0.2, 0) is 15.8 Å². The number of rotatable bonds is 8. The zero-order chi connectivity index (χ0) is 32.5. The molecule has 2 aromatic heterocycles. The quantitative estimate of drug-likeness (QED) is 0.238. The highest BCUT2D eigenvalue weighted by atomic mass is 35.5. The van der Waals surface area contributed by atoms with Gasteiger partial charge in [0, 0.05) is 28.3 Å². The molecule has 2 aliphatic rings. The van der Waals surface area contributed by atoms with E-state index >= 15 is 0 Å². The standard InChI is InChI=1S/C30H26ClF4N5O5/c1-28(27(36)42)13-45-25-18(28)10-21(38-24(25)17-4-3-5-19(32)22(17)31)29(43,30(33,34)35)12-37-26(41)14-8-15-11-40(16-6-7-16)39-23(15)20(9-14)44-2/h3-5,8-11,16,43H,6-7,12-13H2,1-2H3,(H2,36,42)(H,37,41)/t28-,29?/m0/s1. The van der Waals surface area contributed by atoms with Crippen LogP contribution < -0.4 is 20.5 Å².